The minimum absolute atomic E-state index is 0.0793. The molecule has 1 heterocycles. The Hall–Kier alpha value is -4.90. The number of aryl methyl sites for hydroxylation is 1. The second kappa shape index (κ2) is 10.5. The zero-order valence-electron chi connectivity index (χ0n) is 21.8. The molecule has 8 heteroatoms. The highest BCUT2D eigenvalue weighted by molar-refractivity contribution is 6.02. The van der Waals surface area contributed by atoms with Gasteiger partial charge in [-0.25, -0.2) is 0 Å². The van der Waals surface area contributed by atoms with Crippen molar-refractivity contribution in [1.82, 2.24) is 0 Å². The van der Waals surface area contributed by atoms with E-state index in [1.54, 1.807) is 24.0 Å². The molecule has 5 rings (SSSR count). The Morgan fingerprint density at radius 2 is 1.79 bits per heavy atom. The molecule has 0 radical (unpaired) electrons. The minimum atomic E-state index is -0.659. The SMILES string of the molecule is CCOc1ccc(N2C(N)=C(C#N)[C@@H](c3ccc(C)cc3)C3=C2C[C@H](c2ccccc2)CC3=O)c([N+](=O)[O-])c1. The number of nitrogens with zero attached hydrogens (tertiary/aromatic N) is 3. The monoisotopic (exact) mass is 520 g/mol. The number of rotatable bonds is 6. The van der Waals surface area contributed by atoms with Gasteiger partial charge >= 0.3 is 0 Å². The Balaban J connectivity index is 1.76. The number of allylic oxidation sites excluding steroid dienone is 3. The van der Waals surface area contributed by atoms with Crippen molar-refractivity contribution in [3.8, 4) is 11.8 Å². The van der Waals surface area contributed by atoms with Gasteiger partial charge < -0.3 is 10.5 Å². The average Bonchev–Trinajstić information content (AvgIpc) is 2.93. The van der Waals surface area contributed by atoms with E-state index >= 15 is 0 Å². The number of benzene rings is 3. The molecule has 0 aromatic heterocycles. The van der Waals surface area contributed by atoms with Gasteiger partial charge in [-0.05, 0) is 49.4 Å². The number of nitriles is 1. The van der Waals surface area contributed by atoms with Crippen LogP contribution in [0.1, 0.15) is 48.3 Å². The molecule has 2 aliphatic rings. The second-order valence-electron chi connectivity index (χ2n) is 9.73. The van der Waals surface area contributed by atoms with Crippen molar-refractivity contribution in [2.75, 3.05) is 11.5 Å². The third-order valence-electron chi connectivity index (χ3n) is 7.34. The van der Waals surface area contributed by atoms with Gasteiger partial charge in [0.25, 0.3) is 5.69 Å². The predicted molar refractivity (Wildman–Crippen MR) is 148 cm³/mol. The number of nitro groups is 1. The van der Waals surface area contributed by atoms with Crippen LogP contribution in [-0.2, 0) is 4.79 Å². The Morgan fingerprint density at radius 3 is 2.44 bits per heavy atom. The fourth-order valence-corrected chi connectivity index (χ4v) is 5.55. The van der Waals surface area contributed by atoms with Gasteiger partial charge in [0, 0.05) is 17.7 Å². The van der Waals surface area contributed by atoms with Gasteiger partial charge in [-0.15, -0.1) is 0 Å². The first-order valence-corrected chi connectivity index (χ1v) is 12.8. The second-order valence-corrected chi connectivity index (χ2v) is 9.73. The third-order valence-corrected chi connectivity index (χ3v) is 7.34. The fraction of sp³-hybridized carbons (Fsp3) is 0.226. The maximum absolute atomic E-state index is 14.0. The van der Waals surface area contributed by atoms with E-state index in [1.165, 1.54) is 6.07 Å². The van der Waals surface area contributed by atoms with Crippen LogP contribution < -0.4 is 15.4 Å². The van der Waals surface area contributed by atoms with Gasteiger partial charge in [-0.1, -0.05) is 60.2 Å². The van der Waals surface area contributed by atoms with E-state index in [9.17, 15) is 20.2 Å². The first-order chi connectivity index (χ1) is 18.8. The van der Waals surface area contributed by atoms with Gasteiger partial charge in [0.15, 0.2) is 5.78 Å². The van der Waals surface area contributed by atoms with E-state index in [0.29, 0.717) is 30.0 Å². The highest BCUT2D eigenvalue weighted by Gasteiger charge is 2.44. The number of ether oxygens (including phenoxy) is 1. The topological polar surface area (TPSA) is 122 Å². The zero-order valence-corrected chi connectivity index (χ0v) is 21.8. The maximum atomic E-state index is 14.0. The van der Waals surface area contributed by atoms with Crippen molar-refractivity contribution in [2.24, 2.45) is 5.73 Å². The lowest BCUT2D eigenvalue weighted by atomic mass is 9.71. The molecule has 0 unspecified atom stereocenters. The standard InChI is InChI=1S/C31H28N4O4/c1-3-39-23-13-14-25(26(17-23)35(37)38)34-27-15-22(20-7-5-4-6-8-20)16-28(36)30(27)29(24(18-32)31(34)33)21-11-9-19(2)10-12-21/h4-14,17,22,29H,3,15-16,33H2,1-2H3/t22-,29+/m0/s1. The summed E-state index contributed by atoms with van der Waals surface area (Å²) in [6, 6.07) is 24.2. The molecule has 2 atom stereocenters. The van der Waals surface area contributed by atoms with Crippen molar-refractivity contribution in [2.45, 2.75) is 38.5 Å². The highest BCUT2D eigenvalue weighted by atomic mass is 16.6. The molecule has 0 spiro atoms. The summed E-state index contributed by atoms with van der Waals surface area (Å²) >= 11 is 0. The zero-order chi connectivity index (χ0) is 27.7. The van der Waals surface area contributed by atoms with Crippen LogP contribution in [0.25, 0.3) is 0 Å². The quantitative estimate of drug-likeness (QED) is 0.312. The van der Waals surface area contributed by atoms with Crippen LogP contribution in [-0.4, -0.2) is 17.3 Å². The summed E-state index contributed by atoms with van der Waals surface area (Å²) in [5.41, 5.74) is 10.7. The van der Waals surface area contributed by atoms with Gasteiger partial charge in [0.1, 0.15) is 17.3 Å². The molecule has 39 heavy (non-hydrogen) atoms. The molecule has 0 fully saturated rings. The molecule has 0 amide bonds. The number of nitro benzene ring substituents is 1. The highest BCUT2D eigenvalue weighted by Crippen LogP contribution is 2.50. The first-order valence-electron chi connectivity index (χ1n) is 12.8. The smallest absolute Gasteiger partial charge is 0.296 e. The van der Waals surface area contributed by atoms with E-state index in [1.807, 2.05) is 61.5 Å². The number of nitrogens with two attached hydrogens (primary N) is 1. The van der Waals surface area contributed by atoms with Crippen molar-refractivity contribution in [1.29, 1.82) is 5.26 Å². The third kappa shape index (κ3) is 4.64. The molecule has 196 valence electrons. The summed E-state index contributed by atoms with van der Waals surface area (Å²) < 4.78 is 5.51. The molecule has 0 bridgehead atoms. The lowest BCUT2D eigenvalue weighted by Gasteiger charge is -2.41. The predicted octanol–water partition coefficient (Wildman–Crippen LogP) is 6.00. The molecular formula is C31H28N4O4. The number of anilines is 1. The number of hydrogen-bond donors (Lipinski definition) is 1. The number of hydrogen-bond acceptors (Lipinski definition) is 7. The summed E-state index contributed by atoms with van der Waals surface area (Å²) in [6.07, 6.45) is 0.695. The number of ketones is 1. The molecule has 0 saturated heterocycles. The van der Waals surface area contributed by atoms with E-state index < -0.39 is 10.8 Å². The Kier molecular flexibility index (Phi) is 6.90. The van der Waals surface area contributed by atoms with Crippen LogP contribution in [0, 0.1) is 28.4 Å². The Labute approximate surface area is 226 Å². The largest absolute Gasteiger partial charge is 0.494 e. The summed E-state index contributed by atoms with van der Waals surface area (Å²) in [4.78, 5) is 27.2. The van der Waals surface area contributed by atoms with E-state index in [0.717, 1.165) is 16.7 Å². The molecular weight excluding hydrogens is 492 g/mol. The van der Waals surface area contributed by atoms with Crippen LogP contribution in [0.4, 0.5) is 11.4 Å². The molecule has 1 aliphatic heterocycles. The number of carbonyl (C=O) groups is 1. The summed E-state index contributed by atoms with van der Waals surface area (Å²) in [6.45, 7) is 4.11. The van der Waals surface area contributed by atoms with Gasteiger partial charge in [0.2, 0.25) is 0 Å². The van der Waals surface area contributed by atoms with Crippen molar-refractivity contribution < 1.29 is 14.5 Å². The lowest BCUT2D eigenvalue weighted by Crippen LogP contribution is -2.40. The molecule has 3 aromatic rings. The van der Waals surface area contributed by atoms with Crippen LogP contribution in [0.5, 0.6) is 5.75 Å². The average molecular weight is 521 g/mol. The van der Waals surface area contributed by atoms with E-state index in [2.05, 4.69) is 6.07 Å². The Bertz CT molecular complexity index is 1550. The molecule has 8 nitrogen and oxygen atoms in total. The summed E-state index contributed by atoms with van der Waals surface area (Å²) in [5.74, 6) is -0.476. The molecule has 1 aliphatic carbocycles. The van der Waals surface area contributed by atoms with Crippen molar-refractivity contribution in [3.63, 3.8) is 0 Å². The van der Waals surface area contributed by atoms with Crippen molar-refractivity contribution >= 4 is 17.2 Å². The first kappa shape index (κ1) is 25.7. The van der Waals surface area contributed by atoms with E-state index in [-0.39, 0.29) is 40.9 Å². The van der Waals surface area contributed by atoms with Crippen LogP contribution in [0.3, 0.4) is 0 Å². The van der Waals surface area contributed by atoms with Crippen LogP contribution >= 0.6 is 0 Å². The summed E-state index contributed by atoms with van der Waals surface area (Å²) in [7, 11) is 0. The number of Topliss-reactive ketones (excluding diaryl/α,β-unsaturated/α-hetero) is 1. The molecule has 2 N–H and O–H groups in total. The Morgan fingerprint density at radius 1 is 1.08 bits per heavy atom. The van der Waals surface area contributed by atoms with E-state index in [4.69, 9.17) is 10.5 Å². The van der Waals surface area contributed by atoms with Gasteiger partial charge in [-0.3, -0.25) is 19.8 Å². The van der Waals surface area contributed by atoms with Crippen molar-refractivity contribution in [3.05, 3.63) is 122 Å². The van der Waals surface area contributed by atoms with Gasteiger partial charge in [0.05, 0.1) is 35.2 Å². The molecule has 0 saturated carbocycles. The fourth-order valence-electron chi connectivity index (χ4n) is 5.55. The minimum Gasteiger partial charge on any atom is -0.494 e. The maximum Gasteiger partial charge on any atom is 0.296 e. The normalized spacial score (nSPS) is 19.0. The van der Waals surface area contributed by atoms with Gasteiger partial charge in [-0.2, -0.15) is 5.26 Å². The molecule has 3 aromatic carbocycles. The van der Waals surface area contributed by atoms with Crippen LogP contribution in [0.2, 0.25) is 0 Å². The number of carbonyl (C=O) groups excluding carboxylic acids is 1. The van der Waals surface area contributed by atoms with Crippen LogP contribution in [0.15, 0.2) is 95.5 Å². The summed E-state index contributed by atoms with van der Waals surface area (Å²) in [5, 5.41) is 22.5. The lowest BCUT2D eigenvalue weighted by molar-refractivity contribution is -0.384.